The maximum absolute atomic E-state index is 5.92. The quantitative estimate of drug-likeness (QED) is 0.783. The molecular weight excluding hydrogens is 302 g/mol. The van der Waals surface area contributed by atoms with Crippen molar-refractivity contribution in [3.8, 4) is 17.2 Å². The monoisotopic (exact) mass is 329 g/mol. The van der Waals surface area contributed by atoms with Gasteiger partial charge in [0.25, 0.3) is 0 Å². The summed E-state index contributed by atoms with van der Waals surface area (Å²) in [7, 11) is 1.63. The van der Waals surface area contributed by atoms with Crippen molar-refractivity contribution in [3.63, 3.8) is 0 Å². The van der Waals surface area contributed by atoms with Crippen molar-refractivity contribution >= 4 is 0 Å². The summed E-state index contributed by atoms with van der Waals surface area (Å²) < 4.78 is 17.1. The standard InChI is InChI=1S/C20H27NO3/c1-20(2,3)16-7-5-6-8-17(16)23-11-12-24-19-13-15(14-21)9-10-18(19)22-4/h5-10,13H,11-12,14,21H2,1-4H3. The van der Waals surface area contributed by atoms with Gasteiger partial charge in [0, 0.05) is 6.54 Å². The first-order chi connectivity index (χ1) is 11.5. The van der Waals surface area contributed by atoms with Crippen molar-refractivity contribution in [1.29, 1.82) is 0 Å². The van der Waals surface area contributed by atoms with Gasteiger partial charge in [0.1, 0.15) is 19.0 Å². The zero-order valence-corrected chi connectivity index (χ0v) is 15.0. The fourth-order valence-electron chi connectivity index (χ4n) is 2.48. The van der Waals surface area contributed by atoms with Crippen LogP contribution in [-0.2, 0) is 12.0 Å². The van der Waals surface area contributed by atoms with Crippen LogP contribution in [-0.4, -0.2) is 20.3 Å². The van der Waals surface area contributed by atoms with Crippen LogP contribution in [0.5, 0.6) is 17.2 Å². The van der Waals surface area contributed by atoms with E-state index in [1.165, 1.54) is 5.56 Å². The smallest absolute Gasteiger partial charge is 0.161 e. The van der Waals surface area contributed by atoms with Gasteiger partial charge in [0.15, 0.2) is 11.5 Å². The third-order valence-corrected chi connectivity index (χ3v) is 3.76. The Balaban J connectivity index is 1.97. The van der Waals surface area contributed by atoms with Crippen molar-refractivity contribution < 1.29 is 14.2 Å². The molecule has 0 spiro atoms. The van der Waals surface area contributed by atoms with E-state index < -0.39 is 0 Å². The van der Waals surface area contributed by atoms with Crippen LogP contribution in [0.25, 0.3) is 0 Å². The predicted octanol–water partition coefficient (Wildman–Crippen LogP) is 3.91. The molecular formula is C20H27NO3. The second-order valence-corrected chi connectivity index (χ2v) is 6.63. The molecule has 4 nitrogen and oxygen atoms in total. The molecule has 2 aromatic carbocycles. The van der Waals surface area contributed by atoms with E-state index in [1.807, 2.05) is 36.4 Å². The molecule has 2 aromatic rings. The second-order valence-electron chi connectivity index (χ2n) is 6.63. The highest BCUT2D eigenvalue weighted by molar-refractivity contribution is 5.43. The normalized spacial score (nSPS) is 11.2. The van der Waals surface area contributed by atoms with E-state index in [2.05, 4.69) is 26.8 Å². The number of benzene rings is 2. The molecule has 0 aromatic heterocycles. The van der Waals surface area contributed by atoms with Gasteiger partial charge in [-0.15, -0.1) is 0 Å². The minimum absolute atomic E-state index is 0.0378. The van der Waals surface area contributed by atoms with Gasteiger partial charge in [-0.3, -0.25) is 0 Å². The lowest BCUT2D eigenvalue weighted by atomic mass is 9.86. The van der Waals surface area contributed by atoms with Crippen molar-refractivity contribution in [2.45, 2.75) is 32.7 Å². The summed E-state index contributed by atoms with van der Waals surface area (Å²) in [6.45, 7) is 7.89. The van der Waals surface area contributed by atoms with Crippen molar-refractivity contribution in [3.05, 3.63) is 53.6 Å². The molecule has 2 N–H and O–H groups in total. The summed E-state index contributed by atoms with van der Waals surface area (Å²) in [5, 5.41) is 0. The number of para-hydroxylation sites is 1. The van der Waals surface area contributed by atoms with Gasteiger partial charge < -0.3 is 19.9 Å². The Labute approximate surface area is 144 Å². The average molecular weight is 329 g/mol. The Kier molecular flexibility index (Phi) is 6.10. The van der Waals surface area contributed by atoms with Crippen molar-refractivity contribution in [1.82, 2.24) is 0 Å². The Bertz CT molecular complexity index is 662. The Morgan fingerprint density at radius 1 is 0.875 bits per heavy atom. The Hall–Kier alpha value is -2.20. The van der Waals surface area contributed by atoms with Crippen LogP contribution in [0.2, 0.25) is 0 Å². The number of hydrogen-bond donors (Lipinski definition) is 1. The predicted molar refractivity (Wildman–Crippen MR) is 97.0 cm³/mol. The van der Waals surface area contributed by atoms with Crippen molar-refractivity contribution in [2.24, 2.45) is 5.73 Å². The summed E-state index contributed by atoms with van der Waals surface area (Å²) in [4.78, 5) is 0. The SMILES string of the molecule is COc1ccc(CN)cc1OCCOc1ccccc1C(C)(C)C. The fraction of sp³-hybridized carbons (Fsp3) is 0.400. The summed E-state index contributed by atoms with van der Waals surface area (Å²) >= 11 is 0. The van der Waals surface area contributed by atoms with Gasteiger partial charge in [-0.05, 0) is 34.7 Å². The molecule has 0 bridgehead atoms. The lowest BCUT2D eigenvalue weighted by Crippen LogP contribution is -2.16. The summed E-state index contributed by atoms with van der Waals surface area (Å²) in [6.07, 6.45) is 0. The lowest BCUT2D eigenvalue weighted by Gasteiger charge is -2.22. The number of rotatable bonds is 7. The molecule has 0 aliphatic rings. The molecule has 0 fully saturated rings. The molecule has 0 radical (unpaired) electrons. The van der Waals surface area contributed by atoms with Crippen LogP contribution in [0.3, 0.4) is 0 Å². The van der Waals surface area contributed by atoms with Gasteiger partial charge >= 0.3 is 0 Å². The molecule has 0 atom stereocenters. The van der Waals surface area contributed by atoms with Gasteiger partial charge in [-0.25, -0.2) is 0 Å². The molecule has 24 heavy (non-hydrogen) atoms. The summed E-state index contributed by atoms with van der Waals surface area (Å²) in [5.41, 5.74) is 7.91. The Morgan fingerprint density at radius 2 is 1.54 bits per heavy atom. The second kappa shape index (κ2) is 8.06. The number of nitrogens with two attached hydrogens (primary N) is 1. The van der Waals surface area contributed by atoms with Gasteiger partial charge in [0.2, 0.25) is 0 Å². The van der Waals surface area contributed by atoms with E-state index >= 15 is 0 Å². The molecule has 0 saturated heterocycles. The van der Waals surface area contributed by atoms with E-state index in [9.17, 15) is 0 Å². The van der Waals surface area contributed by atoms with Crippen LogP contribution in [0, 0.1) is 0 Å². The lowest BCUT2D eigenvalue weighted by molar-refractivity contribution is 0.208. The molecule has 0 aliphatic heterocycles. The maximum atomic E-state index is 5.92. The van der Waals surface area contributed by atoms with Crippen LogP contribution < -0.4 is 19.9 Å². The maximum Gasteiger partial charge on any atom is 0.161 e. The van der Waals surface area contributed by atoms with E-state index in [1.54, 1.807) is 7.11 Å². The zero-order chi connectivity index (χ0) is 17.6. The van der Waals surface area contributed by atoms with Gasteiger partial charge in [0.05, 0.1) is 7.11 Å². The van der Waals surface area contributed by atoms with Gasteiger partial charge in [-0.2, -0.15) is 0 Å². The third kappa shape index (κ3) is 4.65. The third-order valence-electron chi connectivity index (χ3n) is 3.76. The molecule has 0 saturated carbocycles. The number of hydrogen-bond acceptors (Lipinski definition) is 4. The molecule has 130 valence electrons. The van der Waals surface area contributed by atoms with E-state index in [4.69, 9.17) is 19.9 Å². The summed E-state index contributed by atoms with van der Waals surface area (Å²) in [6, 6.07) is 13.8. The molecule has 0 aliphatic carbocycles. The molecule has 0 heterocycles. The van der Waals surface area contributed by atoms with Crippen LogP contribution in [0.1, 0.15) is 31.9 Å². The summed E-state index contributed by atoms with van der Waals surface area (Å²) in [5.74, 6) is 2.28. The van der Waals surface area contributed by atoms with Crippen LogP contribution in [0.4, 0.5) is 0 Å². The van der Waals surface area contributed by atoms with Gasteiger partial charge in [-0.1, -0.05) is 45.0 Å². The van der Waals surface area contributed by atoms with Crippen molar-refractivity contribution in [2.75, 3.05) is 20.3 Å². The highest BCUT2D eigenvalue weighted by Gasteiger charge is 2.18. The first-order valence-corrected chi connectivity index (χ1v) is 8.18. The molecule has 2 rings (SSSR count). The zero-order valence-electron chi connectivity index (χ0n) is 15.0. The highest BCUT2D eigenvalue weighted by atomic mass is 16.5. The van der Waals surface area contributed by atoms with E-state index in [0.29, 0.717) is 31.3 Å². The number of methoxy groups -OCH3 is 1. The fourth-order valence-corrected chi connectivity index (χ4v) is 2.48. The first-order valence-electron chi connectivity index (χ1n) is 8.18. The molecule has 0 unspecified atom stereocenters. The Morgan fingerprint density at radius 3 is 2.17 bits per heavy atom. The largest absolute Gasteiger partial charge is 0.493 e. The average Bonchev–Trinajstić information content (AvgIpc) is 2.58. The first kappa shape index (κ1) is 18.1. The minimum atomic E-state index is 0.0378. The molecule has 4 heteroatoms. The molecule has 0 amide bonds. The topological polar surface area (TPSA) is 53.7 Å². The van der Waals surface area contributed by atoms with Crippen LogP contribution in [0.15, 0.2) is 42.5 Å². The van der Waals surface area contributed by atoms with Crippen LogP contribution >= 0.6 is 0 Å². The minimum Gasteiger partial charge on any atom is -0.493 e. The van der Waals surface area contributed by atoms with E-state index in [-0.39, 0.29) is 5.41 Å². The number of ether oxygens (including phenoxy) is 3. The van der Waals surface area contributed by atoms with E-state index in [0.717, 1.165) is 11.3 Å². The highest BCUT2D eigenvalue weighted by Crippen LogP contribution is 2.31.